The van der Waals surface area contributed by atoms with Gasteiger partial charge in [0.05, 0.1) is 17.3 Å². The number of nitrogens with zero attached hydrogens (tertiary/aromatic N) is 1. The predicted molar refractivity (Wildman–Crippen MR) is 146 cm³/mol. The number of aromatic nitrogens is 1. The lowest BCUT2D eigenvalue weighted by atomic mass is 9.81. The highest BCUT2D eigenvalue weighted by atomic mass is 35.5. The fourth-order valence-corrected chi connectivity index (χ4v) is 6.76. The molecule has 0 saturated heterocycles. The van der Waals surface area contributed by atoms with Crippen LogP contribution >= 0.6 is 34.7 Å². The molecular weight excluding hydrogens is 547 g/mol. The number of hydrogen-bond acceptors (Lipinski definition) is 7. The van der Waals surface area contributed by atoms with E-state index in [-0.39, 0.29) is 22.1 Å². The number of amides is 1. The summed E-state index contributed by atoms with van der Waals surface area (Å²) in [6, 6.07) is 11.3. The second-order valence-electron chi connectivity index (χ2n) is 9.39. The van der Waals surface area contributed by atoms with Crippen LogP contribution in [0.15, 0.2) is 68.8 Å². The minimum absolute atomic E-state index is 0.134. The first-order valence-corrected chi connectivity index (χ1v) is 14.5. The maximum atomic E-state index is 13.7. The zero-order valence-corrected chi connectivity index (χ0v) is 23.1. The zero-order valence-electron chi connectivity index (χ0n) is 20.7. The van der Waals surface area contributed by atoms with E-state index in [1.165, 1.54) is 49.3 Å². The molecule has 198 valence electrons. The van der Waals surface area contributed by atoms with Gasteiger partial charge in [-0.25, -0.2) is 9.37 Å². The van der Waals surface area contributed by atoms with Crippen molar-refractivity contribution in [3.8, 4) is 5.88 Å². The molecule has 2 aromatic heterocycles. The van der Waals surface area contributed by atoms with E-state index in [1.54, 1.807) is 0 Å². The molecule has 3 heterocycles. The summed E-state index contributed by atoms with van der Waals surface area (Å²) in [5.74, 6) is -0.301. The van der Waals surface area contributed by atoms with Crippen LogP contribution in [-0.4, -0.2) is 23.5 Å². The predicted octanol–water partition coefficient (Wildman–Crippen LogP) is 6.84. The maximum absolute atomic E-state index is 13.7. The van der Waals surface area contributed by atoms with Gasteiger partial charge in [-0.2, -0.15) is 11.3 Å². The first-order valence-electron chi connectivity index (χ1n) is 12.3. The number of pyridine rings is 1. The van der Waals surface area contributed by atoms with Gasteiger partial charge in [0, 0.05) is 24.3 Å². The van der Waals surface area contributed by atoms with E-state index in [1.807, 2.05) is 35.0 Å². The second kappa shape index (κ2) is 11.5. The number of esters is 1. The number of thioether (sulfide) groups is 1. The highest BCUT2D eigenvalue weighted by molar-refractivity contribution is 8.04. The van der Waals surface area contributed by atoms with Crippen molar-refractivity contribution in [1.82, 2.24) is 10.3 Å². The van der Waals surface area contributed by atoms with Crippen LogP contribution < -0.4 is 10.1 Å². The molecule has 0 bridgehead atoms. The van der Waals surface area contributed by atoms with Crippen LogP contribution in [0.5, 0.6) is 5.88 Å². The summed E-state index contributed by atoms with van der Waals surface area (Å²) in [5.41, 5.74) is 0.289. The molecule has 1 N–H and O–H groups in total. The Morgan fingerprint density at radius 3 is 2.79 bits per heavy atom. The molecule has 3 aromatic rings. The van der Waals surface area contributed by atoms with Gasteiger partial charge >= 0.3 is 5.97 Å². The minimum Gasteiger partial charge on any atom is -0.477 e. The molecule has 2 aliphatic rings. The highest BCUT2D eigenvalue weighted by Gasteiger charge is 2.45. The third kappa shape index (κ3) is 5.75. The number of hydrogen-bond donors (Lipinski definition) is 1. The number of thiophene rings is 1. The average molecular weight is 573 g/mol. The molecule has 0 spiro atoms. The Morgan fingerprint density at radius 2 is 2.08 bits per heavy atom. The Hall–Kier alpha value is -2.88. The summed E-state index contributed by atoms with van der Waals surface area (Å²) in [5, 5.41) is 7.15. The number of benzene rings is 1. The van der Waals surface area contributed by atoms with Gasteiger partial charge in [0.2, 0.25) is 5.88 Å². The van der Waals surface area contributed by atoms with Gasteiger partial charge in [-0.05, 0) is 65.4 Å². The van der Waals surface area contributed by atoms with Crippen LogP contribution in [0.3, 0.4) is 0 Å². The zero-order chi connectivity index (χ0) is 26.7. The topological polar surface area (TPSA) is 77.5 Å². The number of nitrogens with one attached hydrogen (secondary N) is 1. The number of ether oxygens (including phenoxy) is 2. The van der Waals surface area contributed by atoms with E-state index in [0.29, 0.717) is 29.0 Å². The Labute approximate surface area is 233 Å². The molecule has 1 fully saturated rings. The summed E-state index contributed by atoms with van der Waals surface area (Å²) in [6.07, 6.45) is 4.90. The molecule has 0 radical (unpaired) electrons. The molecule has 10 heteroatoms. The summed E-state index contributed by atoms with van der Waals surface area (Å²) in [4.78, 5) is 31.2. The first kappa shape index (κ1) is 26.7. The standard InChI is InChI=1S/C28H26ClFN2O4S2/c1-17(33)36-22-14-28(19-11-12-37-16-19,24-7-4-8-25(31-24)35-15-18-5-2-3-6-18)32-27(34)26(22)38-23-10-9-20(30)13-21(23)29/h4,7-13,16,18H,2-3,5-6,14-15H2,1H3,(H,32,34). The largest absolute Gasteiger partial charge is 0.477 e. The Balaban J connectivity index is 1.53. The smallest absolute Gasteiger partial charge is 0.307 e. The van der Waals surface area contributed by atoms with Gasteiger partial charge < -0.3 is 14.8 Å². The normalized spacial score (nSPS) is 19.9. The lowest BCUT2D eigenvalue weighted by molar-refractivity contribution is -0.137. The van der Waals surface area contributed by atoms with E-state index in [2.05, 4.69) is 5.32 Å². The lowest BCUT2D eigenvalue weighted by Gasteiger charge is -2.38. The summed E-state index contributed by atoms with van der Waals surface area (Å²) >= 11 is 8.75. The monoisotopic (exact) mass is 572 g/mol. The maximum Gasteiger partial charge on any atom is 0.307 e. The molecule has 1 aliphatic carbocycles. The van der Waals surface area contributed by atoms with Crippen molar-refractivity contribution >= 4 is 46.6 Å². The molecule has 1 saturated carbocycles. The van der Waals surface area contributed by atoms with E-state index in [0.717, 1.165) is 30.2 Å². The van der Waals surface area contributed by atoms with E-state index < -0.39 is 23.2 Å². The molecule has 6 nitrogen and oxygen atoms in total. The molecule has 1 aliphatic heterocycles. The summed E-state index contributed by atoms with van der Waals surface area (Å²) in [7, 11) is 0. The van der Waals surface area contributed by atoms with Crippen LogP contribution in [0.4, 0.5) is 4.39 Å². The molecule has 1 aromatic carbocycles. The van der Waals surface area contributed by atoms with Crippen molar-refractivity contribution in [2.24, 2.45) is 5.92 Å². The SMILES string of the molecule is CC(=O)OC1=C(Sc2ccc(F)cc2Cl)C(=O)NC(c2ccsc2)(c2cccc(OCC3CCCC3)n2)C1. The van der Waals surface area contributed by atoms with Crippen molar-refractivity contribution in [3.05, 3.63) is 86.0 Å². The van der Waals surface area contributed by atoms with Crippen LogP contribution in [0.1, 0.15) is 50.3 Å². The van der Waals surface area contributed by atoms with Gasteiger partial charge in [0.25, 0.3) is 5.91 Å². The van der Waals surface area contributed by atoms with Gasteiger partial charge in [-0.1, -0.05) is 42.3 Å². The van der Waals surface area contributed by atoms with Crippen LogP contribution in [-0.2, 0) is 19.9 Å². The average Bonchev–Trinajstić information content (AvgIpc) is 3.61. The molecule has 38 heavy (non-hydrogen) atoms. The number of rotatable bonds is 8. The third-order valence-electron chi connectivity index (χ3n) is 6.70. The highest BCUT2D eigenvalue weighted by Crippen LogP contribution is 2.45. The van der Waals surface area contributed by atoms with Crippen molar-refractivity contribution in [3.63, 3.8) is 0 Å². The fourth-order valence-electron chi connectivity index (χ4n) is 4.87. The molecule has 1 unspecified atom stereocenters. The van der Waals surface area contributed by atoms with Crippen molar-refractivity contribution in [2.45, 2.75) is 49.5 Å². The first-order chi connectivity index (χ1) is 18.3. The fraction of sp³-hybridized carbons (Fsp3) is 0.321. The lowest BCUT2D eigenvalue weighted by Crippen LogP contribution is -2.51. The van der Waals surface area contributed by atoms with Gasteiger partial charge in [-0.15, -0.1) is 0 Å². The van der Waals surface area contributed by atoms with Gasteiger partial charge in [0.15, 0.2) is 0 Å². The van der Waals surface area contributed by atoms with Crippen molar-refractivity contribution < 1.29 is 23.5 Å². The van der Waals surface area contributed by atoms with Gasteiger partial charge in [0.1, 0.15) is 22.0 Å². The molecule has 1 amide bonds. The quantitative estimate of drug-likeness (QED) is 0.298. The summed E-state index contributed by atoms with van der Waals surface area (Å²) in [6.45, 7) is 1.89. The molecular formula is C28H26ClFN2O4S2. The summed E-state index contributed by atoms with van der Waals surface area (Å²) < 4.78 is 25.3. The minimum atomic E-state index is -1.09. The second-order valence-corrected chi connectivity index (χ2v) is 11.6. The van der Waals surface area contributed by atoms with Crippen LogP contribution in [0.25, 0.3) is 0 Å². The Bertz CT molecular complexity index is 1370. The Morgan fingerprint density at radius 1 is 1.26 bits per heavy atom. The van der Waals surface area contributed by atoms with Crippen molar-refractivity contribution in [2.75, 3.05) is 6.61 Å². The van der Waals surface area contributed by atoms with E-state index >= 15 is 0 Å². The number of halogens is 2. The number of carbonyl (C=O) groups is 2. The molecule has 1 atom stereocenters. The Kier molecular flexibility index (Phi) is 8.07. The van der Waals surface area contributed by atoms with E-state index in [9.17, 15) is 14.0 Å². The molecule has 5 rings (SSSR count). The van der Waals surface area contributed by atoms with Crippen LogP contribution in [0.2, 0.25) is 5.02 Å². The van der Waals surface area contributed by atoms with Crippen molar-refractivity contribution in [1.29, 1.82) is 0 Å². The third-order valence-corrected chi connectivity index (χ3v) is 9.00. The number of carbonyl (C=O) groups excluding carboxylic acids is 2. The van der Waals surface area contributed by atoms with E-state index in [4.69, 9.17) is 26.1 Å². The van der Waals surface area contributed by atoms with Crippen LogP contribution in [0, 0.1) is 11.7 Å². The van der Waals surface area contributed by atoms with Gasteiger partial charge in [-0.3, -0.25) is 9.59 Å².